The van der Waals surface area contributed by atoms with Gasteiger partial charge in [0.15, 0.2) is 0 Å². The second-order valence-corrected chi connectivity index (χ2v) is 6.08. The van der Waals surface area contributed by atoms with Gasteiger partial charge in [0.1, 0.15) is 5.75 Å². The molecule has 144 valence electrons. The summed E-state index contributed by atoms with van der Waals surface area (Å²) in [5, 5.41) is 8.70. The fraction of sp³-hybridized carbons (Fsp3) is 0.333. The van der Waals surface area contributed by atoms with E-state index in [1.165, 1.54) is 0 Å². The average Bonchev–Trinajstić information content (AvgIpc) is 2.69. The van der Waals surface area contributed by atoms with Crippen molar-refractivity contribution in [2.45, 2.75) is 33.1 Å². The van der Waals surface area contributed by atoms with Crippen LogP contribution in [0.4, 0.5) is 17.1 Å². The third-order valence-electron chi connectivity index (χ3n) is 3.86. The molecule has 0 fully saturated rings. The molecule has 2 rings (SSSR count). The second kappa shape index (κ2) is 10.9. The Morgan fingerprint density at radius 1 is 0.889 bits per heavy atom. The van der Waals surface area contributed by atoms with Crippen LogP contribution in [0.2, 0.25) is 0 Å². The Labute approximate surface area is 160 Å². The minimum atomic E-state index is -0.163. The molecule has 6 heteroatoms. The molecule has 0 heterocycles. The lowest BCUT2D eigenvalue weighted by Gasteiger charge is -2.13. The summed E-state index contributed by atoms with van der Waals surface area (Å²) in [5.41, 5.74) is 2.17. The summed E-state index contributed by atoms with van der Waals surface area (Å²) in [7, 11) is 0. The number of hydrogen-bond donors (Lipinski definition) is 3. The van der Waals surface area contributed by atoms with Gasteiger partial charge in [0.25, 0.3) is 0 Å². The first kappa shape index (κ1) is 20.3. The predicted octanol–water partition coefficient (Wildman–Crippen LogP) is 4.26. The molecule has 2 aromatic rings. The van der Waals surface area contributed by atoms with Crippen molar-refractivity contribution in [3.05, 3.63) is 48.5 Å². The molecule has 2 amide bonds. The number of nitrogens with one attached hydrogen (secondary N) is 3. The van der Waals surface area contributed by atoms with E-state index >= 15 is 0 Å². The second-order valence-electron chi connectivity index (χ2n) is 6.08. The summed E-state index contributed by atoms with van der Waals surface area (Å²) in [4.78, 5) is 23.6. The highest BCUT2D eigenvalue weighted by molar-refractivity contribution is 5.95. The van der Waals surface area contributed by atoms with Crippen molar-refractivity contribution in [3.8, 4) is 5.75 Å². The highest BCUT2D eigenvalue weighted by atomic mass is 16.5. The first-order valence-electron chi connectivity index (χ1n) is 9.27. The third kappa shape index (κ3) is 7.01. The predicted molar refractivity (Wildman–Crippen MR) is 109 cm³/mol. The maximum absolute atomic E-state index is 12.2. The van der Waals surface area contributed by atoms with E-state index in [1.807, 2.05) is 24.3 Å². The molecule has 0 saturated heterocycles. The molecule has 6 nitrogen and oxygen atoms in total. The summed E-state index contributed by atoms with van der Waals surface area (Å²) in [6, 6.07) is 14.6. The standard InChI is InChI=1S/C21H27N3O3/c1-3-5-14-27-19-9-7-6-8-18(19)22-15-21(26)24-17-12-10-16(11-13-17)23-20(25)4-2/h6-13,22H,3-5,14-15H2,1-2H3,(H,23,25)(H,24,26). The summed E-state index contributed by atoms with van der Waals surface area (Å²) < 4.78 is 5.75. The monoisotopic (exact) mass is 369 g/mol. The highest BCUT2D eigenvalue weighted by Gasteiger charge is 2.07. The molecule has 0 aliphatic heterocycles. The van der Waals surface area contributed by atoms with E-state index in [0.29, 0.717) is 24.4 Å². The third-order valence-corrected chi connectivity index (χ3v) is 3.86. The largest absolute Gasteiger partial charge is 0.491 e. The number of ether oxygens (including phenoxy) is 1. The number of anilines is 3. The molecule has 27 heavy (non-hydrogen) atoms. The van der Waals surface area contributed by atoms with E-state index in [1.54, 1.807) is 31.2 Å². The molecule has 0 aliphatic carbocycles. The lowest BCUT2D eigenvalue weighted by atomic mass is 10.2. The van der Waals surface area contributed by atoms with Crippen molar-refractivity contribution in [1.82, 2.24) is 0 Å². The van der Waals surface area contributed by atoms with Gasteiger partial charge in [-0.05, 0) is 42.8 Å². The van der Waals surface area contributed by atoms with Gasteiger partial charge in [-0.2, -0.15) is 0 Å². The molecule has 0 unspecified atom stereocenters. The van der Waals surface area contributed by atoms with Crippen LogP contribution in [0.1, 0.15) is 33.1 Å². The minimum Gasteiger partial charge on any atom is -0.491 e. The Bertz CT molecular complexity index is 745. The number of para-hydroxylation sites is 2. The summed E-state index contributed by atoms with van der Waals surface area (Å²) in [6.07, 6.45) is 2.48. The number of rotatable bonds is 10. The lowest BCUT2D eigenvalue weighted by molar-refractivity contribution is -0.116. The number of carbonyl (C=O) groups is 2. The van der Waals surface area contributed by atoms with Gasteiger partial charge in [-0.1, -0.05) is 32.4 Å². The van der Waals surface area contributed by atoms with Crippen molar-refractivity contribution in [2.75, 3.05) is 29.1 Å². The van der Waals surface area contributed by atoms with E-state index in [0.717, 1.165) is 24.3 Å². The first-order valence-corrected chi connectivity index (χ1v) is 9.27. The molecule has 0 radical (unpaired) electrons. The average molecular weight is 369 g/mol. The van der Waals surface area contributed by atoms with Crippen molar-refractivity contribution >= 4 is 28.9 Å². The van der Waals surface area contributed by atoms with Crippen LogP contribution in [0.3, 0.4) is 0 Å². The number of carbonyl (C=O) groups excluding carboxylic acids is 2. The van der Waals surface area contributed by atoms with Crippen molar-refractivity contribution < 1.29 is 14.3 Å². The fourth-order valence-corrected chi connectivity index (χ4v) is 2.33. The van der Waals surface area contributed by atoms with Crippen LogP contribution in [0.5, 0.6) is 5.75 Å². The summed E-state index contributed by atoms with van der Waals surface area (Å²) >= 11 is 0. The minimum absolute atomic E-state index is 0.0455. The van der Waals surface area contributed by atoms with E-state index in [4.69, 9.17) is 4.74 Å². The van der Waals surface area contributed by atoms with Crippen molar-refractivity contribution in [2.24, 2.45) is 0 Å². The molecular weight excluding hydrogens is 342 g/mol. The smallest absolute Gasteiger partial charge is 0.243 e. The van der Waals surface area contributed by atoms with Gasteiger partial charge >= 0.3 is 0 Å². The number of amides is 2. The van der Waals surface area contributed by atoms with Crippen LogP contribution < -0.4 is 20.7 Å². The lowest BCUT2D eigenvalue weighted by Crippen LogP contribution is -2.22. The molecule has 3 N–H and O–H groups in total. The highest BCUT2D eigenvalue weighted by Crippen LogP contribution is 2.23. The molecule has 0 atom stereocenters. The van der Waals surface area contributed by atoms with Gasteiger partial charge in [0.2, 0.25) is 11.8 Å². The van der Waals surface area contributed by atoms with Crippen LogP contribution in [-0.4, -0.2) is 25.0 Å². The van der Waals surface area contributed by atoms with Crippen molar-refractivity contribution in [1.29, 1.82) is 0 Å². The van der Waals surface area contributed by atoms with Crippen LogP contribution in [0.25, 0.3) is 0 Å². The number of benzene rings is 2. The Hall–Kier alpha value is -3.02. The zero-order chi connectivity index (χ0) is 19.5. The van der Waals surface area contributed by atoms with Gasteiger partial charge in [-0.15, -0.1) is 0 Å². The molecule has 0 spiro atoms. The Morgan fingerprint density at radius 3 is 2.15 bits per heavy atom. The van der Waals surface area contributed by atoms with Gasteiger partial charge in [-0.3, -0.25) is 9.59 Å². The van der Waals surface area contributed by atoms with Crippen LogP contribution in [0, 0.1) is 0 Å². The zero-order valence-corrected chi connectivity index (χ0v) is 15.9. The van der Waals surface area contributed by atoms with Crippen LogP contribution in [0.15, 0.2) is 48.5 Å². The molecular formula is C21H27N3O3. The Kier molecular flexibility index (Phi) is 8.16. The van der Waals surface area contributed by atoms with Gasteiger partial charge in [0, 0.05) is 17.8 Å². The summed E-state index contributed by atoms with van der Waals surface area (Å²) in [5.74, 6) is 0.536. The maximum atomic E-state index is 12.2. The topological polar surface area (TPSA) is 79.5 Å². The molecule has 0 aliphatic rings. The normalized spacial score (nSPS) is 10.1. The van der Waals surface area contributed by atoms with E-state index in [9.17, 15) is 9.59 Å². The van der Waals surface area contributed by atoms with E-state index in [2.05, 4.69) is 22.9 Å². The fourth-order valence-electron chi connectivity index (χ4n) is 2.33. The van der Waals surface area contributed by atoms with Gasteiger partial charge in [-0.25, -0.2) is 0 Å². The van der Waals surface area contributed by atoms with E-state index in [-0.39, 0.29) is 18.4 Å². The Balaban J connectivity index is 1.85. The van der Waals surface area contributed by atoms with Crippen LogP contribution >= 0.6 is 0 Å². The first-order chi connectivity index (χ1) is 13.1. The molecule has 0 aromatic heterocycles. The molecule has 0 saturated carbocycles. The van der Waals surface area contributed by atoms with Crippen molar-refractivity contribution in [3.63, 3.8) is 0 Å². The number of unbranched alkanes of at least 4 members (excludes halogenated alkanes) is 1. The molecule has 2 aromatic carbocycles. The maximum Gasteiger partial charge on any atom is 0.243 e. The zero-order valence-electron chi connectivity index (χ0n) is 15.9. The molecule has 0 bridgehead atoms. The van der Waals surface area contributed by atoms with Gasteiger partial charge < -0.3 is 20.7 Å². The quantitative estimate of drug-likeness (QED) is 0.547. The Morgan fingerprint density at radius 2 is 1.52 bits per heavy atom. The van der Waals surface area contributed by atoms with Crippen LogP contribution in [-0.2, 0) is 9.59 Å². The van der Waals surface area contributed by atoms with Gasteiger partial charge in [0.05, 0.1) is 18.8 Å². The van der Waals surface area contributed by atoms with E-state index < -0.39 is 0 Å². The summed E-state index contributed by atoms with van der Waals surface area (Å²) in [6.45, 7) is 4.69. The number of hydrogen-bond acceptors (Lipinski definition) is 4. The SMILES string of the molecule is CCCCOc1ccccc1NCC(=O)Nc1ccc(NC(=O)CC)cc1.